The summed E-state index contributed by atoms with van der Waals surface area (Å²) in [5.41, 5.74) is 2.41. The number of amides is 1. The standard InChI is InChI=1S/C16H19BrN4O/c1-11-9-15(16(22)20-8-7-18-10-12(20)2)19-21(11)14-5-3-13(17)4-6-14/h3-6,9,12,18H,7-8,10H2,1-2H3/t12-/m0/s1. The monoisotopic (exact) mass is 362 g/mol. The zero-order chi connectivity index (χ0) is 15.7. The molecule has 1 saturated heterocycles. The molecule has 1 aromatic heterocycles. The number of hydrogen-bond donors (Lipinski definition) is 1. The third-order valence-corrected chi connectivity index (χ3v) is 4.47. The van der Waals surface area contributed by atoms with E-state index in [4.69, 9.17) is 0 Å². The number of rotatable bonds is 2. The first-order chi connectivity index (χ1) is 10.6. The van der Waals surface area contributed by atoms with Crippen LogP contribution >= 0.6 is 15.9 Å². The summed E-state index contributed by atoms with van der Waals surface area (Å²) >= 11 is 3.43. The molecule has 1 aliphatic rings. The zero-order valence-electron chi connectivity index (χ0n) is 12.7. The molecule has 6 heteroatoms. The number of hydrogen-bond acceptors (Lipinski definition) is 3. The normalized spacial score (nSPS) is 18.5. The van der Waals surface area contributed by atoms with Gasteiger partial charge in [-0.1, -0.05) is 15.9 Å². The Bertz CT molecular complexity index is 680. The average Bonchev–Trinajstić information content (AvgIpc) is 2.90. The van der Waals surface area contributed by atoms with E-state index >= 15 is 0 Å². The maximum Gasteiger partial charge on any atom is 0.274 e. The van der Waals surface area contributed by atoms with Gasteiger partial charge in [0.2, 0.25) is 0 Å². The Balaban J connectivity index is 1.88. The molecule has 0 bridgehead atoms. The summed E-state index contributed by atoms with van der Waals surface area (Å²) in [6.45, 7) is 6.42. The van der Waals surface area contributed by atoms with Crippen LogP contribution in [0.15, 0.2) is 34.8 Å². The number of carbonyl (C=O) groups excluding carboxylic acids is 1. The Morgan fingerprint density at radius 1 is 1.36 bits per heavy atom. The summed E-state index contributed by atoms with van der Waals surface area (Å²) in [4.78, 5) is 14.6. The second-order valence-electron chi connectivity index (χ2n) is 5.61. The van der Waals surface area contributed by atoms with Gasteiger partial charge in [-0.05, 0) is 44.2 Å². The van der Waals surface area contributed by atoms with Crippen molar-refractivity contribution in [3.8, 4) is 5.69 Å². The lowest BCUT2D eigenvalue weighted by Crippen LogP contribution is -2.52. The molecule has 0 radical (unpaired) electrons. The number of nitrogens with one attached hydrogen (secondary N) is 1. The molecule has 2 aromatic rings. The van der Waals surface area contributed by atoms with Gasteiger partial charge in [-0.2, -0.15) is 5.10 Å². The summed E-state index contributed by atoms with van der Waals surface area (Å²) < 4.78 is 2.83. The van der Waals surface area contributed by atoms with Gasteiger partial charge in [0.25, 0.3) is 5.91 Å². The van der Waals surface area contributed by atoms with Crippen LogP contribution < -0.4 is 5.32 Å². The SMILES string of the molecule is Cc1cc(C(=O)N2CCNC[C@@H]2C)nn1-c1ccc(Br)cc1. The first-order valence-corrected chi connectivity index (χ1v) is 8.20. The van der Waals surface area contributed by atoms with E-state index in [1.807, 2.05) is 46.8 Å². The van der Waals surface area contributed by atoms with Crippen LogP contribution in [0.4, 0.5) is 0 Å². The van der Waals surface area contributed by atoms with Gasteiger partial charge < -0.3 is 10.2 Å². The van der Waals surface area contributed by atoms with Gasteiger partial charge in [0.05, 0.1) is 5.69 Å². The second-order valence-corrected chi connectivity index (χ2v) is 6.53. The smallest absolute Gasteiger partial charge is 0.274 e. The molecule has 0 spiro atoms. The van der Waals surface area contributed by atoms with Crippen molar-refractivity contribution in [2.75, 3.05) is 19.6 Å². The van der Waals surface area contributed by atoms with Crippen molar-refractivity contribution in [2.24, 2.45) is 0 Å². The van der Waals surface area contributed by atoms with Crippen molar-refractivity contribution in [1.82, 2.24) is 20.0 Å². The summed E-state index contributed by atoms with van der Waals surface area (Å²) in [7, 11) is 0. The summed E-state index contributed by atoms with van der Waals surface area (Å²) in [6.07, 6.45) is 0. The van der Waals surface area contributed by atoms with Crippen molar-refractivity contribution in [1.29, 1.82) is 0 Å². The van der Waals surface area contributed by atoms with Crippen LogP contribution in [0.1, 0.15) is 23.1 Å². The highest BCUT2D eigenvalue weighted by Crippen LogP contribution is 2.17. The fourth-order valence-electron chi connectivity index (χ4n) is 2.71. The van der Waals surface area contributed by atoms with Crippen LogP contribution in [-0.2, 0) is 0 Å². The predicted molar refractivity (Wildman–Crippen MR) is 89.4 cm³/mol. The van der Waals surface area contributed by atoms with Gasteiger partial charge in [-0.25, -0.2) is 4.68 Å². The van der Waals surface area contributed by atoms with E-state index in [1.54, 1.807) is 0 Å². The lowest BCUT2D eigenvalue weighted by atomic mass is 10.2. The van der Waals surface area contributed by atoms with Crippen LogP contribution in [0, 0.1) is 6.92 Å². The van der Waals surface area contributed by atoms with Crippen molar-refractivity contribution in [3.63, 3.8) is 0 Å². The second kappa shape index (κ2) is 6.22. The highest BCUT2D eigenvalue weighted by molar-refractivity contribution is 9.10. The fourth-order valence-corrected chi connectivity index (χ4v) is 2.98. The van der Waals surface area contributed by atoms with Crippen LogP contribution in [0.5, 0.6) is 0 Å². The van der Waals surface area contributed by atoms with E-state index in [-0.39, 0.29) is 11.9 Å². The Morgan fingerprint density at radius 3 is 2.77 bits per heavy atom. The maximum absolute atomic E-state index is 12.7. The first kappa shape index (κ1) is 15.2. The average molecular weight is 363 g/mol. The summed E-state index contributed by atoms with van der Waals surface area (Å²) in [5.74, 6) is 0.00737. The predicted octanol–water partition coefficient (Wildman–Crippen LogP) is 2.38. The maximum atomic E-state index is 12.7. The van der Waals surface area contributed by atoms with Crippen LogP contribution in [0.25, 0.3) is 5.69 Å². The highest BCUT2D eigenvalue weighted by atomic mass is 79.9. The zero-order valence-corrected chi connectivity index (χ0v) is 14.3. The highest BCUT2D eigenvalue weighted by Gasteiger charge is 2.26. The molecule has 1 atom stereocenters. The molecule has 0 unspecified atom stereocenters. The van der Waals surface area contributed by atoms with E-state index in [1.165, 1.54) is 0 Å². The van der Waals surface area contributed by atoms with Gasteiger partial charge in [0.1, 0.15) is 0 Å². The Kier molecular flexibility index (Phi) is 4.31. The molecule has 3 rings (SSSR count). The molecule has 116 valence electrons. The Morgan fingerprint density at radius 2 is 2.09 bits per heavy atom. The van der Waals surface area contributed by atoms with Crippen molar-refractivity contribution in [3.05, 3.63) is 46.2 Å². The number of aromatic nitrogens is 2. The van der Waals surface area contributed by atoms with Gasteiger partial charge in [0.15, 0.2) is 5.69 Å². The van der Waals surface area contributed by atoms with Crippen molar-refractivity contribution in [2.45, 2.75) is 19.9 Å². The van der Waals surface area contributed by atoms with E-state index in [0.717, 1.165) is 35.5 Å². The lowest BCUT2D eigenvalue weighted by molar-refractivity contribution is 0.0649. The fraction of sp³-hybridized carbons (Fsp3) is 0.375. The number of piperazine rings is 1. The molecule has 2 heterocycles. The lowest BCUT2D eigenvalue weighted by Gasteiger charge is -2.33. The molecule has 0 saturated carbocycles. The van der Waals surface area contributed by atoms with E-state index in [9.17, 15) is 4.79 Å². The van der Waals surface area contributed by atoms with E-state index < -0.39 is 0 Å². The molecule has 1 amide bonds. The van der Waals surface area contributed by atoms with Crippen molar-refractivity contribution >= 4 is 21.8 Å². The molecule has 0 aliphatic carbocycles. The Labute approximate surface area is 138 Å². The molecular weight excluding hydrogens is 344 g/mol. The molecule has 1 fully saturated rings. The minimum absolute atomic E-state index is 0.00737. The largest absolute Gasteiger partial charge is 0.332 e. The van der Waals surface area contributed by atoms with Crippen LogP contribution in [0.2, 0.25) is 0 Å². The third kappa shape index (κ3) is 2.94. The molecule has 1 aromatic carbocycles. The number of nitrogens with zero attached hydrogens (tertiary/aromatic N) is 3. The summed E-state index contributed by atoms with van der Waals surface area (Å²) in [6, 6.07) is 9.95. The van der Waals surface area contributed by atoms with Gasteiger partial charge in [-0.3, -0.25) is 4.79 Å². The molecule has 1 N–H and O–H groups in total. The quantitative estimate of drug-likeness (QED) is 0.892. The van der Waals surface area contributed by atoms with Gasteiger partial charge >= 0.3 is 0 Å². The van der Waals surface area contributed by atoms with Crippen LogP contribution in [0.3, 0.4) is 0 Å². The minimum Gasteiger partial charge on any atom is -0.332 e. The number of benzene rings is 1. The molecule has 22 heavy (non-hydrogen) atoms. The summed E-state index contributed by atoms with van der Waals surface area (Å²) in [5, 5.41) is 7.80. The van der Waals surface area contributed by atoms with Crippen LogP contribution in [-0.4, -0.2) is 46.3 Å². The number of halogens is 1. The third-order valence-electron chi connectivity index (χ3n) is 3.94. The van der Waals surface area contributed by atoms with E-state index in [2.05, 4.69) is 33.3 Å². The van der Waals surface area contributed by atoms with Crippen molar-refractivity contribution < 1.29 is 4.79 Å². The number of aryl methyl sites for hydroxylation is 1. The molecule has 5 nitrogen and oxygen atoms in total. The van der Waals surface area contributed by atoms with Gasteiger partial charge in [0, 0.05) is 35.8 Å². The first-order valence-electron chi connectivity index (χ1n) is 7.40. The minimum atomic E-state index is 0.00737. The van der Waals surface area contributed by atoms with Gasteiger partial charge in [-0.15, -0.1) is 0 Å². The molecule has 1 aliphatic heterocycles. The molecular formula is C16H19BrN4O. The number of carbonyl (C=O) groups is 1. The topological polar surface area (TPSA) is 50.2 Å². The Hall–Kier alpha value is -1.66. The van der Waals surface area contributed by atoms with E-state index in [0.29, 0.717) is 5.69 Å².